The zero-order valence-electron chi connectivity index (χ0n) is 9.63. The second-order valence-electron chi connectivity index (χ2n) is 3.95. The number of hydrogen-bond acceptors (Lipinski definition) is 6. The molecule has 0 aliphatic carbocycles. The van der Waals surface area contributed by atoms with Crippen molar-refractivity contribution in [2.45, 2.75) is 16.7 Å². The second-order valence-corrected chi connectivity index (χ2v) is 7.72. The molecule has 98 valence electrons. The second kappa shape index (κ2) is 5.57. The number of nitrogens with two attached hydrogens (primary N) is 1. The highest BCUT2D eigenvalue weighted by molar-refractivity contribution is 7.98. The van der Waals surface area contributed by atoms with Gasteiger partial charge in [0.1, 0.15) is 4.21 Å². The number of rotatable bonds is 6. The first kappa shape index (κ1) is 14.8. The van der Waals surface area contributed by atoms with Gasteiger partial charge in [0, 0.05) is 23.4 Å². The van der Waals surface area contributed by atoms with Crippen molar-refractivity contribution in [1.82, 2.24) is 4.72 Å². The topological polar surface area (TPSA) is 92.4 Å². The molecule has 1 unspecified atom stereocenters. The van der Waals surface area contributed by atoms with Crippen LogP contribution in [0.4, 0.5) is 5.69 Å². The quantitative estimate of drug-likeness (QED) is 0.719. The molecule has 0 saturated heterocycles. The lowest BCUT2D eigenvalue weighted by Gasteiger charge is -2.22. The summed E-state index contributed by atoms with van der Waals surface area (Å²) in [7, 11) is -3.57. The summed E-state index contributed by atoms with van der Waals surface area (Å²) in [4.78, 5) is 0. The zero-order valence-corrected chi connectivity index (χ0v) is 12.1. The van der Waals surface area contributed by atoms with Crippen LogP contribution in [0.1, 0.15) is 6.92 Å². The molecule has 0 aromatic carbocycles. The third kappa shape index (κ3) is 4.47. The molecule has 0 spiro atoms. The van der Waals surface area contributed by atoms with Crippen LogP contribution in [0.3, 0.4) is 0 Å². The van der Waals surface area contributed by atoms with E-state index >= 15 is 0 Å². The molecule has 0 aliphatic rings. The van der Waals surface area contributed by atoms with Gasteiger partial charge in [0.2, 0.25) is 10.0 Å². The highest BCUT2D eigenvalue weighted by Gasteiger charge is 2.24. The first-order valence-electron chi connectivity index (χ1n) is 4.82. The first-order chi connectivity index (χ1) is 7.77. The summed E-state index contributed by atoms with van der Waals surface area (Å²) in [6.45, 7) is 1.57. The minimum Gasteiger partial charge on any atom is -0.398 e. The fraction of sp³-hybridized carbons (Fsp3) is 0.556. The smallest absolute Gasteiger partial charge is 0.250 e. The van der Waals surface area contributed by atoms with Gasteiger partial charge >= 0.3 is 0 Å². The Labute approximate surface area is 109 Å². The summed E-state index contributed by atoms with van der Waals surface area (Å²) in [5.41, 5.74) is 4.83. The van der Waals surface area contributed by atoms with E-state index < -0.39 is 15.6 Å². The van der Waals surface area contributed by atoms with Crippen LogP contribution in [0, 0.1) is 0 Å². The molecule has 0 radical (unpaired) electrons. The number of nitrogens with one attached hydrogen (secondary N) is 1. The number of anilines is 1. The van der Waals surface area contributed by atoms with Crippen LogP contribution in [0.25, 0.3) is 0 Å². The number of nitrogen functional groups attached to an aromatic ring is 1. The van der Waals surface area contributed by atoms with E-state index in [2.05, 4.69) is 4.72 Å². The minimum absolute atomic E-state index is 0.0199. The van der Waals surface area contributed by atoms with Crippen LogP contribution >= 0.6 is 23.1 Å². The molecule has 17 heavy (non-hydrogen) atoms. The standard InChI is InChI=1S/C9H16N2O3S3/c1-9(12,6-15-2)5-11-17(13,14)8-3-7(10)4-16-8/h3-4,11-12H,5-6,10H2,1-2H3. The van der Waals surface area contributed by atoms with E-state index in [1.807, 2.05) is 6.26 Å². The summed E-state index contributed by atoms with van der Waals surface area (Å²) in [6.07, 6.45) is 1.85. The summed E-state index contributed by atoms with van der Waals surface area (Å²) < 4.78 is 26.2. The van der Waals surface area contributed by atoms with Crippen molar-refractivity contribution in [3.8, 4) is 0 Å². The maximum atomic E-state index is 11.8. The molecule has 1 aromatic heterocycles. The zero-order chi connectivity index (χ0) is 13.1. The lowest BCUT2D eigenvalue weighted by atomic mass is 10.1. The van der Waals surface area contributed by atoms with E-state index in [1.165, 1.54) is 17.8 Å². The maximum absolute atomic E-state index is 11.8. The summed E-state index contributed by atoms with van der Waals surface area (Å²) >= 11 is 2.51. The minimum atomic E-state index is -3.57. The van der Waals surface area contributed by atoms with E-state index in [0.29, 0.717) is 11.4 Å². The average molecular weight is 296 g/mol. The Balaban J connectivity index is 2.69. The molecule has 0 amide bonds. The van der Waals surface area contributed by atoms with E-state index in [-0.39, 0.29) is 10.8 Å². The Hall–Kier alpha value is -0.280. The van der Waals surface area contributed by atoms with Crippen molar-refractivity contribution in [3.05, 3.63) is 11.4 Å². The monoisotopic (exact) mass is 296 g/mol. The van der Waals surface area contributed by atoms with Crippen LogP contribution in [-0.2, 0) is 10.0 Å². The van der Waals surface area contributed by atoms with Crippen LogP contribution < -0.4 is 10.5 Å². The van der Waals surface area contributed by atoms with Gasteiger partial charge < -0.3 is 10.8 Å². The van der Waals surface area contributed by atoms with Crippen molar-refractivity contribution in [2.75, 3.05) is 24.3 Å². The predicted molar refractivity (Wildman–Crippen MR) is 72.9 cm³/mol. The van der Waals surface area contributed by atoms with Gasteiger partial charge in [-0.2, -0.15) is 11.8 Å². The Morgan fingerprint density at radius 1 is 1.65 bits per heavy atom. The normalized spacial score (nSPS) is 15.7. The highest BCUT2D eigenvalue weighted by atomic mass is 32.2. The summed E-state index contributed by atoms with van der Waals surface area (Å²) in [5.74, 6) is 0.460. The van der Waals surface area contributed by atoms with Gasteiger partial charge in [0.05, 0.1) is 5.60 Å². The fourth-order valence-corrected chi connectivity index (χ4v) is 4.17. The largest absolute Gasteiger partial charge is 0.398 e. The summed E-state index contributed by atoms with van der Waals surface area (Å²) in [5, 5.41) is 11.4. The third-order valence-corrected chi connectivity index (χ3v) is 5.73. The molecule has 0 saturated carbocycles. The molecule has 0 fully saturated rings. The molecule has 1 aromatic rings. The Morgan fingerprint density at radius 2 is 2.29 bits per heavy atom. The van der Waals surface area contributed by atoms with Gasteiger partial charge in [0.25, 0.3) is 0 Å². The van der Waals surface area contributed by atoms with Crippen molar-refractivity contribution in [2.24, 2.45) is 0 Å². The first-order valence-corrected chi connectivity index (χ1v) is 8.57. The number of thiophene rings is 1. The molecular weight excluding hydrogens is 280 g/mol. The molecule has 4 N–H and O–H groups in total. The van der Waals surface area contributed by atoms with Gasteiger partial charge in [0.15, 0.2) is 0 Å². The van der Waals surface area contributed by atoms with Crippen LogP contribution in [0.5, 0.6) is 0 Å². The van der Waals surface area contributed by atoms with E-state index in [0.717, 1.165) is 11.3 Å². The molecule has 0 aliphatic heterocycles. The van der Waals surface area contributed by atoms with E-state index in [4.69, 9.17) is 5.73 Å². The number of aliphatic hydroxyl groups is 1. The van der Waals surface area contributed by atoms with Crippen molar-refractivity contribution in [1.29, 1.82) is 0 Å². The molecule has 0 bridgehead atoms. The molecule has 1 atom stereocenters. The van der Waals surface area contributed by atoms with Gasteiger partial charge in [-0.05, 0) is 19.2 Å². The van der Waals surface area contributed by atoms with Gasteiger partial charge in [-0.3, -0.25) is 0 Å². The van der Waals surface area contributed by atoms with E-state index in [1.54, 1.807) is 12.3 Å². The number of sulfonamides is 1. The average Bonchev–Trinajstić information content (AvgIpc) is 2.63. The van der Waals surface area contributed by atoms with Crippen LogP contribution in [0.2, 0.25) is 0 Å². The molecule has 5 nitrogen and oxygen atoms in total. The van der Waals surface area contributed by atoms with Crippen molar-refractivity contribution >= 4 is 38.8 Å². The maximum Gasteiger partial charge on any atom is 0.250 e. The lowest BCUT2D eigenvalue weighted by Crippen LogP contribution is -2.42. The number of thioether (sulfide) groups is 1. The van der Waals surface area contributed by atoms with Gasteiger partial charge in [-0.25, -0.2) is 13.1 Å². The SMILES string of the molecule is CSCC(C)(O)CNS(=O)(=O)c1cc(N)cs1. The summed E-state index contributed by atoms with van der Waals surface area (Å²) in [6, 6.07) is 1.40. The van der Waals surface area contributed by atoms with Crippen LogP contribution in [-0.4, -0.2) is 37.7 Å². The highest BCUT2D eigenvalue weighted by Crippen LogP contribution is 2.21. The van der Waals surface area contributed by atoms with Crippen molar-refractivity contribution < 1.29 is 13.5 Å². The third-order valence-electron chi connectivity index (χ3n) is 1.96. The lowest BCUT2D eigenvalue weighted by molar-refractivity contribution is 0.0909. The van der Waals surface area contributed by atoms with Crippen LogP contribution in [0.15, 0.2) is 15.7 Å². The Bertz CT molecular complexity index is 468. The molecule has 8 heteroatoms. The molecular formula is C9H16N2O3S3. The van der Waals surface area contributed by atoms with Gasteiger partial charge in [-0.1, -0.05) is 0 Å². The predicted octanol–water partition coefficient (Wildman–Crippen LogP) is 0.723. The molecule has 1 rings (SSSR count). The Kier molecular flexibility index (Phi) is 4.85. The fourth-order valence-electron chi connectivity index (χ4n) is 1.15. The molecule has 1 heterocycles. The van der Waals surface area contributed by atoms with E-state index in [9.17, 15) is 13.5 Å². The number of hydrogen-bond donors (Lipinski definition) is 3. The van der Waals surface area contributed by atoms with Gasteiger partial charge in [-0.15, -0.1) is 11.3 Å². The van der Waals surface area contributed by atoms with Crippen molar-refractivity contribution in [3.63, 3.8) is 0 Å². The Morgan fingerprint density at radius 3 is 2.76 bits per heavy atom.